The summed E-state index contributed by atoms with van der Waals surface area (Å²) in [5.74, 6) is -1.29. The monoisotopic (exact) mass is 366 g/mol. The standard InChI is InChI=1S/C16H12Cl2N2O4/c17-11-5-6-14(13(18)7-11)24-9-15(21)20-19-8-10-3-1-2-4-12(10)16(22)23/h1-8H,9H2,(H,20,21)(H,22,23)/b19-8+. The van der Waals surface area contributed by atoms with Crippen LogP contribution in [-0.4, -0.2) is 29.8 Å². The second kappa shape index (κ2) is 8.33. The Balaban J connectivity index is 1.90. The second-order valence-electron chi connectivity index (χ2n) is 4.55. The number of ether oxygens (including phenoxy) is 1. The molecule has 6 nitrogen and oxygen atoms in total. The summed E-state index contributed by atoms with van der Waals surface area (Å²) in [7, 11) is 0. The number of hydrogen-bond donors (Lipinski definition) is 2. The molecule has 24 heavy (non-hydrogen) atoms. The first-order valence-electron chi connectivity index (χ1n) is 6.69. The number of nitrogens with one attached hydrogen (secondary N) is 1. The third kappa shape index (κ3) is 4.97. The molecule has 2 aromatic rings. The average molecular weight is 367 g/mol. The topological polar surface area (TPSA) is 88.0 Å². The molecule has 0 heterocycles. The Bertz CT molecular complexity index is 793. The number of hydrogen-bond acceptors (Lipinski definition) is 4. The number of halogens is 2. The number of carbonyl (C=O) groups excluding carboxylic acids is 1. The van der Waals surface area contributed by atoms with Crippen molar-refractivity contribution in [3.8, 4) is 5.75 Å². The molecule has 0 aliphatic heterocycles. The van der Waals surface area contributed by atoms with E-state index in [9.17, 15) is 9.59 Å². The summed E-state index contributed by atoms with van der Waals surface area (Å²) < 4.78 is 5.25. The molecule has 0 aliphatic carbocycles. The minimum atomic E-state index is -1.08. The lowest BCUT2D eigenvalue weighted by atomic mass is 10.1. The van der Waals surface area contributed by atoms with Crippen molar-refractivity contribution in [2.24, 2.45) is 5.10 Å². The minimum absolute atomic E-state index is 0.0831. The highest BCUT2D eigenvalue weighted by Gasteiger charge is 2.08. The van der Waals surface area contributed by atoms with Gasteiger partial charge in [-0.1, -0.05) is 41.4 Å². The van der Waals surface area contributed by atoms with Crippen molar-refractivity contribution < 1.29 is 19.4 Å². The smallest absolute Gasteiger partial charge is 0.336 e. The fraction of sp³-hybridized carbons (Fsp3) is 0.0625. The maximum absolute atomic E-state index is 11.7. The molecule has 0 saturated heterocycles. The molecule has 2 aromatic carbocycles. The van der Waals surface area contributed by atoms with Crippen molar-refractivity contribution in [1.29, 1.82) is 0 Å². The van der Waals surface area contributed by atoms with Gasteiger partial charge in [-0.25, -0.2) is 10.2 Å². The zero-order valence-corrected chi connectivity index (χ0v) is 13.7. The van der Waals surface area contributed by atoms with Crippen molar-refractivity contribution in [2.45, 2.75) is 0 Å². The lowest BCUT2D eigenvalue weighted by Crippen LogP contribution is -2.24. The van der Waals surface area contributed by atoms with E-state index in [0.29, 0.717) is 16.3 Å². The summed E-state index contributed by atoms with van der Waals surface area (Å²) in [4.78, 5) is 22.7. The van der Waals surface area contributed by atoms with E-state index < -0.39 is 11.9 Å². The zero-order valence-electron chi connectivity index (χ0n) is 12.2. The number of carboxylic acid groups (broad SMARTS) is 1. The molecule has 0 aliphatic rings. The van der Waals surface area contributed by atoms with Gasteiger partial charge in [0.25, 0.3) is 5.91 Å². The lowest BCUT2D eigenvalue weighted by Gasteiger charge is -2.07. The predicted octanol–water partition coefficient (Wildman–Crippen LogP) is 3.22. The van der Waals surface area contributed by atoms with Crippen LogP contribution in [0.1, 0.15) is 15.9 Å². The van der Waals surface area contributed by atoms with Gasteiger partial charge in [0, 0.05) is 10.6 Å². The average Bonchev–Trinajstić information content (AvgIpc) is 2.54. The minimum Gasteiger partial charge on any atom is -0.482 e. The van der Waals surface area contributed by atoms with Crippen LogP contribution in [0.3, 0.4) is 0 Å². The van der Waals surface area contributed by atoms with Gasteiger partial charge < -0.3 is 9.84 Å². The highest BCUT2D eigenvalue weighted by atomic mass is 35.5. The van der Waals surface area contributed by atoms with Crippen LogP contribution in [0, 0.1) is 0 Å². The quantitative estimate of drug-likeness (QED) is 0.606. The van der Waals surface area contributed by atoms with Gasteiger partial charge in [0.1, 0.15) is 5.75 Å². The molecule has 0 saturated carbocycles. The van der Waals surface area contributed by atoms with Gasteiger partial charge in [0.2, 0.25) is 0 Å². The van der Waals surface area contributed by atoms with Gasteiger partial charge in [0.05, 0.1) is 16.8 Å². The molecular formula is C16H12Cl2N2O4. The van der Waals surface area contributed by atoms with Gasteiger partial charge in [-0.2, -0.15) is 5.10 Å². The zero-order chi connectivity index (χ0) is 17.5. The van der Waals surface area contributed by atoms with Crippen molar-refractivity contribution in [1.82, 2.24) is 5.43 Å². The number of aromatic carboxylic acids is 1. The third-order valence-corrected chi connectivity index (χ3v) is 3.37. The largest absolute Gasteiger partial charge is 0.482 e. The fourth-order valence-corrected chi connectivity index (χ4v) is 2.21. The van der Waals surface area contributed by atoms with E-state index in [-0.39, 0.29) is 17.2 Å². The summed E-state index contributed by atoms with van der Waals surface area (Å²) in [6.07, 6.45) is 1.25. The van der Waals surface area contributed by atoms with E-state index in [0.717, 1.165) is 0 Å². The number of benzene rings is 2. The molecule has 0 atom stereocenters. The molecule has 0 unspecified atom stereocenters. The van der Waals surface area contributed by atoms with Gasteiger partial charge >= 0.3 is 5.97 Å². The van der Waals surface area contributed by atoms with Crippen molar-refractivity contribution in [3.05, 3.63) is 63.6 Å². The maximum atomic E-state index is 11.7. The molecule has 0 aromatic heterocycles. The van der Waals surface area contributed by atoms with Crippen LogP contribution in [0.5, 0.6) is 5.75 Å². The Morgan fingerprint density at radius 2 is 1.96 bits per heavy atom. The number of carbonyl (C=O) groups is 2. The number of rotatable bonds is 6. The molecular weight excluding hydrogens is 355 g/mol. The van der Waals surface area contributed by atoms with E-state index in [4.69, 9.17) is 33.0 Å². The number of nitrogens with zero attached hydrogens (tertiary/aromatic N) is 1. The SMILES string of the molecule is O=C(COc1ccc(Cl)cc1Cl)N/N=C/c1ccccc1C(=O)O. The molecule has 2 N–H and O–H groups in total. The Labute approximate surface area is 147 Å². The molecule has 0 bridgehead atoms. The number of hydrazone groups is 1. The molecule has 0 radical (unpaired) electrons. The van der Waals surface area contributed by atoms with Gasteiger partial charge in [-0.3, -0.25) is 4.79 Å². The molecule has 0 spiro atoms. The van der Waals surface area contributed by atoms with E-state index >= 15 is 0 Å². The van der Waals surface area contributed by atoms with E-state index in [2.05, 4.69) is 10.5 Å². The maximum Gasteiger partial charge on any atom is 0.336 e. The van der Waals surface area contributed by atoms with E-state index in [1.165, 1.54) is 18.3 Å². The first-order chi connectivity index (χ1) is 11.5. The van der Waals surface area contributed by atoms with Gasteiger partial charge in [-0.05, 0) is 24.3 Å². The molecule has 8 heteroatoms. The predicted molar refractivity (Wildman–Crippen MR) is 91.1 cm³/mol. The van der Waals surface area contributed by atoms with Gasteiger partial charge in [-0.15, -0.1) is 0 Å². The van der Waals surface area contributed by atoms with Crippen molar-refractivity contribution in [3.63, 3.8) is 0 Å². The highest BCUT2D eigenvalue weighted by molar-refractivity contribution is 6.35. The summed E-state index contributed by atoms with van der Waals surface area (Å²) in [5, 5.41) is 13.5. The van der Waals surface area contributed by atoms with Crippen LogP contribution in [0.25, 0.3) is 0 Å². The van der Waals surface area contributed by atoms with E-state index in [1.807, 2.05) is 0 Å². The van der Waals surface area contributed by atoms with Crippen molar-refractivity contribution >= 4 is 41.3 Å². The van der Waals surface area contributed by atoms with E-state index in [1.54, 1.807) is 30.3 Å². The summed E-state index contributed by atoms with van der Waals surface area (Å²) >= 11 is 11.7. The van der Waals surface area contributed by atoms with Crippen LogP contribution in [0.2, 0.25) is 10.0 Å². The molecule has 124 valence electrons. The Hall–Kier alpha value is -2.57. The molecule has 1 amide bonds. The number of amides is 1. The molecule has 0 fully saturated rings. The first-order valence-corrected chi connectivity index (χ1v) is 7.45. The summed E-state index contributed by atoms with van der Waals surface area (Å²) in [6, 6.07) is 10.9. The fourth-order valence-electron chi connectivity index (χ4n) is 1.75. The van der Waals surface area contributed by atoms with Crippen LogP contribution >= 0.6 is 23.2 Å². The number of carboxylic acids is 1. The highest BCUT2D eigenvalue weighted by Crippen LogP contribution is 2.27. The lowest BCUT2D eigenvalue weighted by molar-refractivity contribution is -0.123. The third-order valence-electron chi connectivity index (χ3n) is 2.84. The molecule has 2 rings (SSSR count). The second-order valence-corrected chi connectivity index (χ2v) is 5.39. The normalized spacial score (nSPS) is 10.6. The van der Waals surface area contributed by atoms with Crippen LogP contribution < -0.4 is 10.2 Å². The van der Waals surface area contributed by atoms with Crippen LogP contribution in [0.4, 0.5) is 0 Å². The first kappa shape index (κ1) is 17.8. The Kier molecular flexibility index (Phi) is 6.17. The van der Waals surface area contributed by atoms with Gasteiger partial charge in [0.15, 0.2) is 6.61 Å². The van der Waals surface area contributed by atoms with Crippen molar-refractivity contribution in [2.75, 3.05) is 6.61 Å². The van der Waals surface area contributed by atoms with Crippen LogP contribution in [0.15, 0.2) is 47.6 Å². The Morgan fingerprint density at radius 3 is 2.67 bits per heavy atom. The Morgan fingerprint density at radius 1 is 1.21 bits per heavy atom. The summed E-state index contributed by atoms with van der Waals surface area (Å²) in [6.45, 7) is -0.306. The summed E-state index contributed by atoms with van der Waals surface area (Å²) in [5.41, 5.74) is 2.69. The van der Waals surface area contributed by atoms with Crippen LogP contribution in [-0.2, 0) is 4.79 Å².